The van der Waals surface area contributed by atoms with E-state index in [-0.39, 0.29) is 18.4 Å². The Labute approximate surface area is 203 Å². The highest BCUT2D eigenvalue weighted by Crippen LogP contribution is 2.21. The number of aromatic nitrogens is 4. The molecule has 2 N–H and O–H groups in total. The third-order valence-corrected chi connectivity index (χ3v) is 5.51. The molecule has 1 unspecified atom stereocenters. The predicted octanol–water partition coefficient (Wildman–Crippen LogP) is 2.23. The summed E-state index contributed by atoms with van der Waals surface area (Å²) >= 11 is 6.12. The lowest BCUT2D eigenvalue weighted by molar-refractivity contribution is -0.132. The van der Waals surface area contributed by atoms with E-state index >= 15 is 0 Å². The van der Waals surface area contributed by atoms with Gasteiger partial charge < -0.3 is 15.4 Å². The number of carbonyl (C=O) groups excluding carboxylic acids is 3. The zero-order valence-corrected chi connectivity index (χ0v) is 20.5. The monoisotopic (exact) mass is 491 g/mol. The second kappa shape index (κ2) is 10.8. The molecular weight excluding hydrogens is 462 g/mol. The van der Waals surface area contributed by atoms with Gasteiger partial charge in [0.25, 0.3) is 0 Å². The van der Waals surface area contributed by atoms with E-state index in [0.29, 0.717) is 29.2 Å². The highest BCUT2D eigenvalue weighted by Gasteiger charge is 2.35. The SMILES string of the molecule is C[C@H](NC(=O)C1CCCCN1C(=O)OC(C)(C)C)C(=O)NCc1cc(Cl)ccc1-n1cnnn1. The minimum absolute atomic E-state index is 0.155. The van der Waals surface area contributed by atoms with E-state index < -0.39 is 23.8 Å². The highest BCUT2D eigenvalue weighted by atomic mass is 35.5. The van der Waals surface area contributed by atoms with Crippen molar-refractivity contribution in [3.8, 4) is 5.69 Å². The number of piperidine rings is 1. The average Bonchev–Trinajstić information content (AvgIpc) is 3.31. The molecule has 1 aromatic carbocycles. The molecule has 0 saturated carbocycles. The van der Waals surface area contributed by atoms with Crippen molar-refractivity contribution in [3.05, 3.63) is 35.1 Å². The zero-order chi connectivity index (χ0) is 24.9. The number of amides is 3. The van der Waals surface area contributed by atoms with Crippen molar-refractivity contribution < 1.29 is 19.1 Å². The largest absolute Gasteiger partial charge is 0.444 e. The summed E-state index contributed by atoms with van der Waals surface area (Å²) in [7, 11) is 0. The molecule has 0 aliphatic carbocycles. The van der Waals surface area contributed by atoms with Crippen molar-refractivity contribution in [1.82, 2.24) is 35.7 Å². The maximum absolute atomic E-state index is 12.9. The smallest absolute Gasteiger partial charge is 0.410 e. The molecule has 34 heavy (non-hydrogen) atoms. The Hall–Kier alpha value is -3.21. The lowest BCUT2D eigenvalue weighted by Crippen LogP contribution is -2.56. The number of nitrogens with one attached hydrogen (secondary N) is 2. The first-order valence-electron chi connectivity index (χ1n) is 11.1. The van der Waals surface area contributed by atoms with Crippen LogP contribution in [0, 0.1) is 0 Å². The van der Waals surface area contributed by atoms with Crippen LogP contribution in [0.5, 0.6) is 0 Å². The zero-order valence-electron chi connectivity index (χ0n) is 19.7. The maximum atomic E-state index is 12.9. The Bertz CT molecular complexity index is 1020. The van der Waals surface area contributed by atoms with E-state index in [9.17, 15) is 14.4 Å². The number of hydrogen-bond acceptors (Lipinski definition) is 7. The van der Waals surface area contributed by atoms with Gasteiger partial charge in [0.2, 0.25) is 11.8 Å². The highest BCUT2D eigenvalue weighted by molar-refractivity contribution is 6.30. The summed E-state index contributed by atoms with van der Waals surface area (Å²) < 4.78 is 6.92. The van der Waals surface area contributed by atoms with Crippen molar-refractivity contribution in [2.24, 2.45) is 0 Å². The van der Waals surface area contributed by atoms with Crippen LogP contribution in [0.15, 0.2) is 24.5 Å². The molecule has 1 fully saturated rings. The summed E-state index contributed by atoms with van der Waals surface area (Å²) in [6.45, 7) is 7.52. The summed E-state index contributed by atoms with van der Waals surface area (Å²) in [4.78, 5) is 39.7. The first-order valence-corrected chi connectivity index (χ1v) is 11.5. The number of nitrogens with zero attached hydrogens (tertiary/aromatic N) is 5. The number of halogens is 1. The number of carbonyl (C=O) groups is 3. The van der Waals surface area contributed by atoms with Gasteiger partial charge in [-0.1, -0.05) is 11.6 Å². The number of benzene rings is 1. The van der Waals surface area contributed by atoms with E-state index in [1.54, 1.807) is 45.9 Å². The van der Waals surface area contributed by atoms with Crippen molar-refractivity contribution in [2.45, 2.75) is 71.2 Å². The maximum Gasteiger partial charge on any atom is 0.410 e. The normalized spacial score (nSPS) is 17.1. The molecule has 0 bridgehead atoms. The topological polar surface area (TPSA) is 131 Å². The lowest BCUT2D eigenvalue weighted by Gasteiger charge is -2.36. The Morgan fingerprint density at radius 3 is 2.71 bits per heavy atom. The van der Waals surface area contributed by atoms with Crippen LogP contribution in [0.3, 0.4) is 0 Å². The molecule has 2 atom stereocenters. The summed E-state index contributed by atoms with van der Waals surface area (Å²) in [6.07, 6.45) is 3.03. The van der Waals surface area contributed by atoms with Crippen LogP contribution in [0.2, 0.25) is 5.02 Å². The second-order valence-electron chi connectivity index (χ2n) is 9.16. The summed E-state index contributed by atoms with van der Waals surface area (Å²) in [5.74, 6) is -0.763. The average molecular weight is 492 g/mol. The van der Waals surface area contributed by atoms with Crippen LogP contribution >= 0.6 is 11.6 Å². The molecule has 0 radical (unpaired) electrons. The molecule has 1 aromatic heterocycles. The van der Waals surface area contributed by atoms with Crippen LogP contribution in [0.4, 0.5) is 4.79 Å². The number of rotatable bonds is 6. The molecule has 3 rings (SSSR count). The fourth-order valence-corrected chi connectivity index (χ4v) is 3.84. The third kappa shape index (κ3) is 6.66. The number of likely N-dealkylation sites (tertiary alicyclic amines) is 1. The van der Waals surface area contributed by atoms with Gasteiger partial charge in [0, 0.05) is 18.1 Å². The van der Waals surface area contributed by atoms with Crippen LogP contribution in [-0.2, 0) is 20.9 Å². The Balaban J connectivity index is 1.60. The number of tetrazole rings is 1. The van der Waals surface area contributed by atoms with E-state index in [1.165, 1.54) is 15.9 Å². The molecule has 184 valence electrons. The first kappa shape index (κ1) is 25.4. The Morgan fingerprint density at radius 2 is 2.03 bits per heavy atom. The fraction of sp³-hybridized carbons (Fsp3) is 0.545. The van der Waals surface area contributed by atoms with E-state index in [0.717, 1.165) is 12.8 Å². The molecule has 3 amide bonds. The molecule has 2 heterocycles. The van der Waals surface area contributed by atoms with Crippen LogP contribution in [-0.4, -0.2) is 67.2 Å². The molecule has 2 aromatic rings. The number of hydrogen-bond donors (Lipinski definition) is 2. The summed E-state index contributed by atoms with van der Waals surface area (Å²) in [5.41, 5.74) is 0.709. The van der Waals surface area contributed by atoms with E-state index in [1.807, 2.05) is 0 Å². The van der Waals surface area contributed by atoms with Crippen LogP contribution in [0.25, 0.3) is 5.69 Å². The van der Waals surface area contributed by atoms with E-state index in [4.69, 9.17) is 16.3 Å². The van der Waals surface area contributed by atoms with Gasteiger partial charge in [-0.3, -0.25) is 14.5 Å². The van der Waals surface area contributed by atoms with Crippen LogP contribution < -0.4 is 10.6 Å². The quantitative estimate of drug-likeness (QED) is 0.633. The lowest BCUT2D eigenvalue weighted by atomic mass is 10.0. The molecule has 1 aliphatic rings. The van der Waals surface area contributed by atoms with Gasteiger partial charge in [0.1, 0.15) is 24.0 Å². The van der Waals surface area contributed by atoms with Gasteiger partial charge >= 0.3 is 6.09 Å². The molecule has 1 saturated heterocycles. The van der Waals surface area contributed by atoms with Crippen molar-refractivity contribution in [3.63, 3.8) is 0 Å². The minimum Gasteiger partial charge on any atom is -0.444 e. The van der Waals surface area contributed by atoms with Gasteiger partial charge in [0.15, 0.2) is 0 Å². The van der Waals surface area contributed by atoms with Gasteiger partial charge in [-0.15, -0.1) is 5.10 Å². The molecule has 12 heteroatoms. The summed E-state index contributed by atoms with van der Waals surface area (Å²) in [5, 5.41) is 17.2. The molecule has 0 spiro atoms. The Morgan fingerprint density at radius 1 is 1.26 bits per heavy atom. The Kier molecular flexibility index (Phi) is 8.08. The van der Waals surface area contributed by atoms with Crippen molar-refractivity contribution >= 4 is 29.5 Å². The fourth-order valence-electron chi connectivity index (χ4n) is 3.64. The molecule has 11 nitrogen and oxygen atoms in total. The molecular formula is C22H30ClN7O4. The van der Waals surface area contributed by atoms with Gasteiger partial charge in [-0.25, -0.2) is 9.48 Å². The minimum atomic E-state index is -0.814. The van der Waals surface area contributed by atoms with Crippen molar-refractivity contribution in [2.75, 3.05) is 6.54 Å². The first-order chi connectivity index (χ1) is 16.0. The van der Waals surface area contributed by atoms with Crippen LogP contribution in [0.1, 0.15) is 52.5 Å². The van der Waals surface area contributed by atoms with Crippen molar-refractivity contribution in [1.29, 1.82) is 0 Å². The molecule has 1 aliphatic heterocycles. The standard InChI is InChI=1S/C22H30ClN7O4/c1-14(26-20(32)18-7-5-6-10-29(18)21(33)34-22(2,3)4)19(31)24-12-15-11-16(23)8-9-17(15)30-13-25-27-28-30/h8-9,11,13-14,18H,5-7,10,12H2,1-4H3,(H,24,31)(H,26,32)/t14-,18?/m0/s1. The predicted molar refractivity (Wildman–Crippen MR) is 124 cm³/mol. The van der Waals surface area contributed by atoms with Gasteiger partial charge in [0.05, 0.1) is 5.69 Å². The second-order valence-corrected chi connectivity index (χ2v) is 9.60. The van der Waals surface area contributed by atoms with Gasteiger partial charge in [-0.05, 0) is 81.1 Å². The van der Waals surface area contributed by atoms with Gasteiger partial charge in [-0.2, -0.15) is 0 Å². The third-order valence-electron chi connectivity index (χ3n) is 5.28. The van der Waals surface area contributed by atoms with E-state index in [2.05, 4.69) is 26.2 Å². The summed E-state index contributed by atoms with van der Waals surface area (Å²) in [6, 6.07) is 3.67. The number of ether oxygens (including phenoxy) is 1.